The van der Waals surface area contributed by atoms with E-state index in [-0.39, 0.29) is 12.4 Å². The average molecular weight is 159 g/mol. The molecule has 0 spiro atoms. The van der Waals surface area contributed by atoms with E-state index < -0.39 is 12.0 Å². The van der Waals surface area contributed by atoms with Crippen molar-refractivity contribution in [3.63, 3.8) is 0 Å². The molecule has 0 unspecified atom stereocenters. The van der Waals surface area contributed by atoms with Gasteiger partial charge in [-0.3, -0.25) is 4.79 Å². The fourth-order valence-electron chi connectivity index (χ4n) is 0.294. The highest BCUT2D eigenvalue weighted by molar-refractivity contribution is 7.80. The molecule has 0 fully saturated rings. The van der Waals surface area contributed by atoms with Gasteiger partial charge in [-0.2, -0.15) is 12.6 Å². The highest BCUT2D eigenvalue weighted by Gasteiger charge is 2.11. The molecular formula is C6H9NO2S. The predicted molar refractivity (Wildman–Crippen MR) is 41.6 cm³/mol. The number of hydrogen-bond donors (Lipinski definition) is 2. The second-order valence-electron chi connectivity index (χ2n) is 1.60. The molecule has 0 aliphatic carbocycles. The van der Waals surface area contributed by atoms with E-state index in [1.54, 1.807) is 0 Å². The van der Waals surface area contributed by atoms with Crippen molar-refractivity contribution in [3.05, 3.63) is 0 Å². The van der Waals surface area contributed by atoms with E-state index >= 15 is 0 Å². The van der Waals surface area contributed by atoms with Gasteiger partial charge in [0.15, 0.2) is 6.61 Å². The average Bonchev–Trinajstić information content (AvgIpc) is 1.98. The van der Waals surface area contributed by atoms with Gasteiger partial charge >= 0.3 is 5.97 Å². The van der Waals surface area contributed by atoms with Crippen molar-refractivity contribution in [2.75, 3.05) is 12.4 Å². The second-order valence-corrected chi connectivity index (χ2v) is 1.97. The Hall–Kier alpha value is -0.660. The quantitative estimate of drug-likeness (QED) is 0.329. The van der Waals surface area contributed by atoms with Crippen molar-refractivity contribution < 1.29 is 9.53 Å². The van der Waals surface area contributed by atoms with E-state index in [1.807, 2.05) is 0 Å². The van der Waals surface area contributed by atoms with Crippen molar-refractivity contribution >= 4 is 18.6 Å². The van der Waals surface area contributed by atoms with Gasteiger partial charge in [0.25, 0.3) is 0 Å². The lowest BCUT2D eigenvalue weighted by atomic mass is 10.4. The summed E-state index contributed by atoms with van der Waals surface area (Å²) >= 11 is 3.80. The zero-order chi connectivity index (χ0) is 7.98. The van der Waals surface area contributed by atoms with E-state index in [2.05, 4.69) is 23.3 Å². The topological polar surface area (TPSA) is 52.3 Å². The molecule has 0 aromatic rings. The highest BCUT2D eigenvalue weighted by Crippen LogP contribution is 1.87. The Balaban J connectivity index is 3.54. The van der Waals surface area contributed by atoms with Gasteiger partial charge in [-0.15, -0.1) is 6.42 Å². The Kier molecular flexibility index (Phi) is 4.81. The number of terminal acetylenes is 1. The molecular weight excluding hydrogens is 150 g/mol. The number of thiol groups is 1. The van der Waals surface area contributed by atoms with Crippen molar-refractivity contribution in [3.8, 4) is 12.3 Å². The van der Waals surface area contributed by atoms with Crippen molar-refractivity contribution in [2.45, 2.75) is 6.04 Å². The molecule has 0 saturated heterocycles. The summed E-state index contributed by atoms with van der Waals surface area (Å²) in [6.45, 7) is -0.0275. The normalized spacial score (nSPS) is 11.7. The van der Waals surface area contributed by atoms with Gasteiger partial charge in [0.1, 0.15) is 6.04 Å². The number of rotatable bonds is 3. The summed E-state index contributed by atoms with van der Waals surface area (Å²) in [6, 6.07) is -0.670. The van der Waals surface area contributed by atoms with Crippen LogP contribution in [-0.4, -0.2) is 24.4 Å². The first-order valence-corrected chi connectivity index (χ1v) is 3.32. The molecule has 4 heteroatoms. The maximum atomic E-state index is 10.6. The Morgan fingerprint density at radius 3 is 2.90 bits per heavy atom. The van der Waals surface area contributed by atoms with Crippen LogP contribution in [0.4, 0.5) is 0 Å². The first kappa shape index (κ1) is 9.34. The summed E-state index contributed by atoms with van der Waals surface area (Å²) in [4.78, 5) is 10.6. The lowest BCUT2D eigenvalue weighted by Crippen LogP contribution is -2.33. The molecule has 1 atom stereocenters. The molecule has 56 valence electrons. The molecule has 0 saturated carbocycles. The minimum Gasteiger partial charge on any atom is -0.451 e. The smallest absolute Gasteiger partial charge is 0.324 e. The minimum atomic E-state index is -0.670. The number of carbonyl (C=O) groups excluding carboxylic acids is 1. The largest absolute Gasteiger partial charge is 0.451 e. The van der Waals surface area contributed by atoms with E-state index in [9.17, 15) is 4.79 Å². The van der Waals surface area contributed by atoms with Crippen LogP contribution in [0.3, 0.4) is 0 Å². The zero-order valence-corrected chi connectivity index (χ0v) is 6.30. The third-order valence-corrected chi connectivity index (χ3v) is 1.19. The molecule has 2 N–H and O–H groups in total. The van der Waals surface area contributed by atoms with Gasteiger partial charge in [0.05, 0.1) is 0 Å². The Morgan fingerprint density at radius 1 is 1.90 bits per heavy atom. The van der Waals surface area contributed by atoms with Gasteiger partial charge in [-0.05, 0) is 0 Å². The van der Waals surface area contributed by atoms with Crippen LogP contribution < -0.4 is 5.73 Å². The third-order valence-electron chi connectivity index (χ3n) is 0.797. The molecule has 0 radical (unpaired) electrons. The van der Waals surface area contributed by atoms with E-state index in [0.29, 0.717) is 0 Å². The second kappa shape index (κ2) is 5.15. The molecule has 3 nitrogen and oxygen atoms in total. The minimum absolute atomic E-state index is 0.0275. The van der Waals surface area contributed by atoms with Crippen molar-refractivity contribution in [1.82, 2.24) is 0 Å². The lowest BCUT2D eigenvalue weighted by Gasteiger charge is -2.05. The summed E-state index contributed by atoms with van der Waals surface area (Å²) in [5.74, 6) is 1.91. The summed E-state index contributed by atoms with van der Waals surface area (Å²) in [6.07, 6.45) is 4.83. The van der Waals surface area contributed by atoms with Crippen molar-refractivity contribution in [2.24, 2.45) is 5.73 Å². The van der Waals surface area contributed by atoms with Crippen LogP contribution in [-0.2, 0) is 9.53 Å². The Bertz CT molecular complexity index is 152. The zero-order valence-electron chi connectivity index (χ0n) is 5.41. The number of ether oxygens (including phenoxy) is 1. The van der Waals surface area contributed by atoms with Crippen LogP contribution in [0.1, 0.15) is 0 Å². The van der Waals surface area contributed by atoms with Crippen LogP contribution in [0.25, 0.3) is 0 Å². The van der Waals surface area contributed by atoms with Crippen molar-refractivity contribution in [1.29, 1.82) is 0 Å². The highest BCUT2D eigenvalue weighted by atomic mass is 32.1. The van der Waals surface area contributed by atoms with Gasteiger partial charge < -0.3 is 10.5 Å². The van der Waals surface area contributed by atoms with Gasteiger partial charge in [-0.25, -0.2) is 0 Å². The summed E-state index contributed by atoms with van der Waals surface area (Å²) in [5.41, 5.74) is 5.24. The van der Waals surface area contributed by atoms with E-state index in [4.69, 9.17) is 12.2 Å². The molecule has 10 heavy (non-hydrogen) atoms. The van der Waals surface area contributed by atoms with Crippen LogP contribution in [0.2, 0.25) is 0 Å². The van der Waals surface area contributed by atoms with Crippen LogP contribution >= 0.6 is 12.6 Å². The molecule has 0 amide bonds. The lowest BCUT2D eigenvalue weighted by molar-refractivity contribution is -0.143. The maximum Gasteiger partial charge on any atom is 0.324 e. The molecule has 0 aliphatic heterocycles. The summed E-state index contributed by atoms with van der Waals surface area (Å²) in [5, 5.41) is 0. The maximum absolute atomic E-state index is 10.6. The number of hydrogen-bond acceptors (Lipinski definition) is 4. The summed E-state index contributed by atoms with van der Waals surface area (Å²) < 4.78 is 4.49. The Labute approximate surface area is 65.3 Å². The molecule has 0 aliphatic rings. The molecule has 0 bridgehead atoms. The first-order chi connectivity index (χ1) is 4.72. The first-order valence-electron chi connectivity index (χ1n) is 2.69. The van der Waals surface area contributed by atoms with E-state index in [0.717, 1.165) is 0 Å². The molecule has 0 aromatic heterocycles. The number of esters is 1. The SMILES string of the molecule is C#CCOC(=O)[C@@H](N)CS. The number of nitrogens with two attached hydrogens (primary N) is 1. The van der Waals surface area contributed by atoms with E-state index in [1.165, 1.54) is 0 Å². The predicted octanol–water partition coefficient (Wildman–Crippen LogP) is -0.580. The Morgan fingerprint density at radius 2 is 2.50 bits per heavy atom. The molecule has 0 heterocycles. The fourth-order valence-corrected chi connectivity index (χ4v) is 0.443. The molecule has 0 aromatic carbocycles. The van der Waals surface area contributed by atoms with Crippen LogP contribution in [0, 0.1) is 12.3 Å². The summed E-state index contributed by atoms with van der Waals surface area (Å²) in [7, 11) is 0. The molecule has 0 rings (SSSR count). The van der Waals surface area contributed by atoms with Gasteiger partial charge in [0.2, 0.25) is 0 Å². The monoisotopic (exact) mass is 159 g/mol. The standard InChI is InChI=1S/C6H9NO2S/c1-2-3-9-6(8)5(7)4-10/h1,5,10H,3-4,7H2/t5-/m0/s1. The number of carbonyl (C=O) groups is 1. The van der Waals surface area contributed by atoms with Crippen LogP contribution in [0.15, 0.2) is 0 Å². The van der Waals surface area contributed by atoms with Gasteiger partial charge in [-0.1, -0.05) is 5.92 Å². The van der Waals surface area contributed by atoms with Crippen LogP contribution in [0.5, 0.6) is 0 Å². The fraction of sp³-hybridized carbons (Fsp3) is 0.500. The van der Waals surface area contributed by atoms with Gasteiger partial charge in [0, 0.05) is 5.75 Å². The third kappa shape index (κ3) is 3.38.